The molecule has 2 aromatic heterocycles. The number of ether oxygens (including phenoxy) is 1. The molecule has 3 aliphatic heterocycles. The lowest BCUT2D eigenvalue weighted by Crippen LogP contribution is -2.56. The summed E-state index contributed by atoms with van der Waals surface area (Å²) in [5.74, 6) is 0. The first kappa shape index (κ1) is 21.5. The van der Waals surface area contributed by atoms with E-state index in [9.17, 15) is 5.26 Å². The third kappa shape index (κ3) is 3.84. The molecule has 0 radical (unpaired) electrons. The van der Waals surface area contributed by atoms with Crippen molar-refractivity contribution >= 4 is 16.6 Å². The first-order chi connectivity index (χ1) is 16.6. The molecule has 0 spiro atoms. The number of hydrogen-bond donors (Lipinski definition) is 1. The van der Waals surface area contributed by atoms with Gasteiger partial charge in [-0.25, -0.2) is 0 Å². The molecule has 34 heavy (non-hydrogen) atoms. The van der Waals surface area contributed by atoms with E-state index in [2.05, 4.69) is 56.8 Å². The van der Waals surface area contributed by atoms with Crippen LogP contribution < -0.4 is 10.2 Å². The predicted molar refractivity (Wildman–Crippen MR) is 131 cm³/mol. The molecule has 0 aliphatic carbocycles. The van der Waals surface area contributed by atoms with Gasteiger partial charge in [-0.05, 0) is 38.1 Å². The zero-order valence-corrected chi connectivity index (χ0v) is 19.8. The molecule has 2 fully saturated rings. The van der Waals surface area contributed by atoms with Gasteiger partial charge in [-0.2, -0.15) is 10.4 Å². The van der Waals surface area contributed by atoms with Gasteiger partial charge in [0.2, 0.25) is 0 Å². The third-order valence-electron chi connectivity index (χ3n) is 7.41. The number of aromatic nitrogens is 3. The number of pyridine rings is 1. The van der Waals surface area contributed by atoms with Crippen LogP contribution in [0, 0.1) is 11.3 Å². The van der Waals surface area contributed by atoms with Crippen LogP contribution in [-0.4, -0.2) is 70.6 Å². The van der Waals surface area contributed by atoms with Crippen molar-refractivity contribution in [2.75, 3.05) is 37.6 Å². The van der Waals surface area contributed by atoms with E-state index in [1.807, 2.05) is 18.3 Å². The Morgan fingerprint density at radius 3 is 2.91 bits per heavy atom. The summed E-state index contributed by atoms with van der Waals surface area (Å²) in [6.45, 7) is 9.95. The molecule has 2 saturated heterocycles. The van der Waals surface area contributed by atoms with Crippen LogP contribution >= 0.6 is 0 Å². The predicted octanol–water partition coefficient (Wildman–Crippen LogP) is 2.49. The third-order valence-corrected chi connectivity index (χ3v) is 7.41. The highest BCUT2D eigenvalue weighted by Gasteiger charge is 2.35. The molecule has 3 aliphatic rings. The Balaban J connectivity index is 1.14. The van der Waals surface area contributed by atoms with Gasteiger partial charge in [0, 0.05) is 80.3 Å². The second kappa shape index (κ2) is 8.66. The molecule has 8 heteroatoms. The summed E-state index contributed by atoms with van der Waals surface area (Å²) in [5.41, 5.74) is 5.28. The highest BCUT2D eigenvalue weighted by Crippen LogP contribution is 2.31. The molecule has 1 N–H and O–H groups in total. The van der Waals surface area contributed by atoms with Gasteiger partial charge in [0.1, 0.15) is 6.07 Å². The average molecular weight is 458 g/mol. The van der Waals surface area contributed by atoms with Crippen LogP contribution in [0.15, 0.2) is 36.7 Å². The number of likely N-dealkylation sites (tertiary alicyclic amines) is 1. The molecular weight excluding hydrogens is 426 g/mol. The molecule has 1 aromatic carbocycles. The van der Waals surface area contributed by atoms with E-state index in [4.69, 9.17) is 9.84 Å². The van der Waals surface area contributed by atoms with E-state index in [1.54, 1.807) is 6.20 Å². The van der Waals surface area contributed by atoms with Crippen molar-refractivity contribution in [1.29, 1.82) is 5.26 Å². The summed E-state index contributed by atoms with van der Waals surface area (Å²) < 4.78 is 8.62. The highest BCUT2D eigenvalue weighted by molar-refractivity contribution is 5.95. The summed E-state index contributed by atoms with van der Waals surface area (Å²) in [4.78, 5) is 9.37. The number of nitrogens with zero attached hydrogens (tertiary/aromatic N) is 6. The van der Waals surface area contributed by atoms with Gasteiger partial charge in [0.15, 0.2) is 0 Å². The number of nitriles is 1. The fourth-order valence-corrected chi connectivity index (χ4v) is 5.76. The molecule has 3 unspecified atom stereocenters. The number of morpholine rings is 1. The van der Waals surface area contributed by atoms with Crippen molar-refractivity contribution in [3.63, 3.8) is 0 Å². The molecule has 6 rings (SSSR count). The smallest absolute Gasteiger partial charge is 0.101 e. The Bertz CT molecular complexity index is 1240. The van der Waals surface area contributed by atoms with E-state index >= 15 is 0 Å². The molecule has 8 nitrogen and oxygen atoms in total. The standard InChI is InChI=1S/C26H31N7O/c1-17-8-25-20(10-29-17)11-30-33(25)21-13-31(14-21)15-22-16-32(12-18(2)34-22)24-6-5-19(9-27)26-23(24)4-3-7-28-26/h3-7,11,17-18,21-22,29H,8,10,12-16H2,1-2H3. The fraction of sp³-hybridized carbons (Fsp3) is 0.500. The Morgan fingerprint density at radius 2 is 2.06 bits per heavy atom. The molecule has 0 saturated carbocycles. The maximum Gasteiger partial charge on any atom is 0.101 e. The lowest BCUT2D eigenvalue weighted by Gasteiger charge is -2.45. The quantitative estimate of drug-likeness (QED) is 0.645. The maximum absolute atomic E-state index is 9.48. The van der Waals surface area contributed by atoms with Gasteiger partial charge < -0.3 is 15.0 Å². The Morgan fingerprint density at radius 1 is 1.18 bits per heavy atom. The first-order valence-electron chi connectivity index (χ1n) is 12.3. The number of rotatable bonds is 4. The monoisotopic (exact) mass is 457 g/mol. The Hall–Kier alpha value is -2.99. The highest BCUT2D eigenvalue weighted by atomic mass is 16.5. The number of benzene rings is 1. The van der Waals surface area contributed by atoms with Crippen molar-refractivity contribution < 1.29 is 4.74 Å². The van der Waals surface area contributed by atoms with Gasteiger partial charge in [0.25, 0.3) is 0 Å². The summed E-state index contributed by atoms with van der Waals surface area (Å²) in [5, 5.41) is 18.8. The van der Waals surface area contributed by atoms with Crippen molar-refractivity contribution in [1.82, 2.24) is 25.0 Å². The average Bonchev–Trinajstić information content (AvgIpc) is 3.22. The maximum atomic E-state index is 9.48. The minimum atomic E-state index is 0.142. The van der Waals surface area contributed by atoms with Crippen LogP contribution in [-0.2, 0) is 17.7 Å². The van der Waals surface area contributed by atoms with Crippen molar-refractivity contribution in [2.24, 2.45) is 0 Å². The molecule has 5 heterocycles. The summed E-state index contributed by atoms with van der Waals surface area (Å²) in [7, 11) is 0. The van der Waals surface area contributed by atoms with Crippen LogP contribution in [0.2, 0.25) is 0 Å². The first-order valence-corrected chi connectivity index (χ1v) is 12.3. The number of fused-ring (bicyclic) bond motifs is 2. The van der Waals surface area contributed by atoms with Gasteiger partial charge >= 0.3 is 0 Å². The molecule has 176 valence electrons. The second-order valence-corrected chi connectivity index (χ2v) is 10.0. The van der Waals surface area contributed by atoms with E-state index in [0.717, 1.165) is 62.3 Å². The Kier molecular flexibility index (Phi) is 5.48. The number of nitrogens with one attached hydrogen (secondary N) is 1. The number of hydrogen-bond acceptors (Lipinski definition) is 7. The fourth-order valence-electron chi connectivity index (χ4n) is 5.76. The van der Waals surface area contributed by atoms with Gasteiger partial charge in [0.05, 0.1) is 35.5 Å². The summed E-state index contributed by atoms with van der Waals surface area (Å²) >= 11 is 0. The molecule has 3 atom stereocenters. The Labute approximate surface area is 200 Å². The minimum absolute atomic E-state index is 0.142. The van der Waals surface area contributed by atoms with Crippen LogP contribution in [0.5, 0.6) is 0 Å². The molecule has 0 bridgehead atoms. The van der Waals surface area contributed by atoms with Crippen LogP contribution in [0.4, 0.5) is 5.69 Å². The van der Waals surface area contributed by atoms with Crippen molar-refractivity contribution in [2.45, 2.75) is 51.1 Å². The summed E-state index contributed by atoms with van der Waals surface area (Å²) in [6.07, 6.45) is 5.13. The van der Waals surface area contributed by atoms with Crippen molar-refractivity contribution in [3.05, 3.63) is 53.5 Å². The van der Waals surface area contributed by atoms with E-state index < -0.39 is 0 Å². The normalized spacial score (nSPS) is 25.7. The molecule has 3 aromatic rings. The van der Waals surface area contributed by atoms with Gasteiger partial charge in [-0.3, -0.25) is 14.6 Å². The van der Waals surface area contributed by atoms with Crippen LogP contribution in [0.3, 0.4) is 0 Å². The van der Waals surface area contributed by atoms with Gasteiger partial charge in [-0.15, -0.1) is 0 Å². The van der Waals surface area contributed by atoms with Gasteiger partial charge in [-0.1, -0.05) is 0 Å². The van der Waals surface area contributed by atoms with E-state index in [0.29, 0.717) is 17.6 Å². The van der Waals surface area contributed by atoms with Crippen LogP contribution in [0.25, 0.3) is 10.9 Å². The number of anilines is 1. The second-order valence-electron chi connectivity index (χ2n) is 10.0. The topological polar surface area (TPSA) is 82.2 Å². The summed E-state index contributed by atoms with van der Waals surface area (Å²) in [6, 6.07) is 11.2. The lowest BCUT2D eigenvalue weighted by molar-refractivity contribution is -0.0491. The van der Waals surface area contributed by atoms with E-state index in [1.165, 1.54) is 11.3 Å². The largest absolute Gasteiger partial charge is 0.370 e. The zero-order valence-electron chi connectivity index (χ0n) is 19.8. The zero-order chi connectivity index (χ0) is 23.2. The minimum Gasteiger partial charge on any atom is -0.370 e. The molecule has 0 amide bonds. The SMILES string of the molecule is CC1Cc2c(cnn2C2CN(CC3CN(c4ccc(C#N)c5ncccc45)CC(C)O3)C2)CN1. The van der Waals surface area contributed by atoms with Crippen LogP contribution in [0.1, 0.15) is 36.7 Å². The lowest BCUT2D eigenvalue weighted by atomic mass is 10.0. The molecular formula is C26H31N7O. The van der Waals surface area contributed by atoms with E-state index in [-0.39, 0.29) is 12.2 Å². The van der Waals surface area contributed by atoms with Crippen molar-refractivity contribution in [3.8, 4) is 6.07 Å².